The van der Waals surface area contributed by atoms with Crippen LogP contribution in [0.15, 0.2) is 34.9 Å². The molecule has 0 saturated carbocycles. The molecule has 0 atom stereocenters. The zero-order valence-corrected chi connectivity index (χ0v) is 14.5. The second kappa shape index (κ2) is 8.47. The normalized spacial score (nSPS) is 11.4. The summed E-state index contributed by atoms with van der Waals surface area (Å²) in [6, 6.07) is 8.34. The molecule has 0 aliphatic rings. The molecule has 0 aliphatic heterocycles. The molecule has 0 saturated heterocycles. The third-order valence-corrected chi connectivity index (χ3v) is 4.40. The molecule has 1 heterocycles. The minimum absolute atomic E-state index is 0.866. The largest absolute Gasteiger partial charge is 0.311 e. The summed E-state index contributed by atoms with van der Waals surface area (Å²) in [5.74, 6) is 0. The van der Waals surface area contributed by atoms with E-state index in [2.05, 4.69) is 63.2 Å². The number of halogens is 1. The lowest BCUT2D eigenvalue weighted by molar-refractivity contribution is 0.287. The van der Waals surface area contributed by atoms with E-state index in [9.17, 15) is 0 Å². The molecule has 0 radical (unpaired) electrons. The smallest absolute Gasteiger partial charge is 0.0758 e. The maximum Gasteiger partial charge on any atom is 0.0758 e. The van der Waals surface area contributed by atoms with Crippen molar-refractivity contribution in [2.45, 2.75) is 26.8 Å². The van der Waals surface area contributed by atoms with Gasteiger partial charge in [0, 0.05) is 35.7 Å². The molecule has 114 valence electrons. The number of likely N-dealkylation sites (N-methyl/N-ethyl adjacent to an activating group) is 1. The van der Waals surface area contributed by atoms with E-state index >= 15 is 0 Å². The van der Waals surface area contributed by atoms with E-state index in [1.54, 1.807) is 0 Å². The zero-order valence-electron chi connectivity index (χ0n) is 12.9. The van der Waals surface area contributed by atoms with Crippen LogP contribution in [-0.4, -0.2) is 36.1 Å². The van der Waals surface area contributed by atoms with Gasteiger partial charge in [0.2, 0.25) is 0 Å². The first-order valence-electron chi connectivity index (χ1n) is 7.71. The topological polar surface area (TPSA) is 28.2 Å². The Labute approximate surface area is 135 Å². The molecule has 0 unspecified atom stereocenters. The quantitative estimate of drug-likeness (QED) is 0.734. The average molecular weight is 350 g/mol. The third-order valence-electron chi connectivity index (χ3n) is 3.71. The van der Waals surface area contributed by atoms with E-state index in [-0.39, 0.29) is 0 Å². The van der Waals surface area contributed by atoms with Gasteiger partial charge in [0.25, 0.3) is 0 Å². The number of pyridine rings is 1. The summed E-state index contributed by atoms with van der Waals surface area (Å²) < 4.78 is 1.11. The van der Waals surface area contributed by atoms with Gasteiger partial charge in [-0.1, -0.05) is 41.9 Å². The van der Waals surface area contributed by atoms with Crippen molar-refractivity contribution in [3.05, 3.63) is 40.5 Å². The molecule has 21 heavy (non-hydrogen) atoms. The lowest BCUT2D eigenvalue weighted by Crippen LogP contribution is -2.32. The molecule has 2 rings (SSSR count). The molecule has 0 aliphatic carbocycles. The van der Waals surface area contributed by atoms with Crippen LogP contribution in [0.5, 0.6) is 0 Å². The molecular formula is C17H24BrN3. The molecule has 2 aromatic rings. The number of benzene rings is 1. The average Bonchev–Trinajstić information content (AvgIpc) is 2.52. The number of nitrogens with zero attached hydrogens (tertiary/aromatic N) is 2. The summed E-state index contributed by atoms with van der Waals surface area (Å²) in [7, 11) is 0. The lowest BCUT2D eigenvalue weighted by Gasteiger charge is -2.19. The Morgan fingerprint density at radius 2 is 2.05 bits per heavy atom. The second-order valence-electron chi connectivity index (χ2n) is 5.22. The summed E-state index contributed by atoms with van der Waals surface area (Å²) in [6.45, 7) is 9.74. The fraction of sp³-hybridized carbons (Fsp3) is 0.471. The first-order valence-corrected chi connectivity index (χ1v) is 8.50. The van der Waals surface area contributed by atoms with Gasteiger partial charge in [0.1, 0.15) is 0 Å². The number of hydrogen-bond acceptors (Lipinski definition) is 3. The Hall–Kier alpha value is -0.970. The monoisotopic (exact) mass is 349 g/mol. The number of aromatic nitrogens is 1. The highest BCUT2D eigenvalue weighted by atomic mass is 79.9. The lowest BCUT2D eigenvalue weighted by atomic mass is 10.1. The van der Waals surface area contributed by atoms with Crippen LogP contribution in [0.3, 0.4) is 0 Å². The van der Waals surface area contributed by atoms with E-state index in [1.807, 2.05) is 12.3 Å². The van der Waals surface area contributed by atoms with Crippen molar-refractivity contribution in [1.29, 1.82) is 0 Å². The van der Waals surface area contributed by atoms with Gasteiger partial charge in [-0.05, 0) is 37.2 Å². The number of rotatable bonds is 8. The van der Waals surface area contributed by atoms with Crippen molar-refractivity contribution in [2.75, 3.05) is 26.2 Å². The highest BCUT2D eigenvalue weighted by Crippen LogP contribution is 2.24. The SMILES string of the molecule is CCCN(CC)CCNCc1ccc(Br)c2cccnc12. The minimum Gasteiger partial charge on any atom is -0.311 e. The van der Waals surface area contributed by atoms with Crippen molar-refractivity contribution in [2.24, 2.45) is 0 Å². The summed E-state index contributed by atoms with van der Waals surface area (Å²) >= 11 is 3.59. The Morgan fingerprint density at radius 1 is 1.19 bits per heavy atom. The zero-order chi connectivity index (χ0) is 15.1. The molecule has 1 aromatic heterocycles. The van der Waals surface area contributed by atoms with Gasteiger partial charge in [-0.2, -0.15) is 0 Å². The minimum atomic E-state index is 0.866. The number of fused-ring (bicyclic) bond motifs is 1. The van der Waals surface area contributed by atoms with Crippen molar-refractivity contribution in [3.8, 4) is 0 Å². The number of nitrogens with one attached hydrogen (secondary N) is 1. The van der Waals surface area contributed by atoms with Crippen LogP contribution in [0.2, 0.25) is 0 Å². The Balaban J connectivity index is 1.94. The first kappa shape index (κ1) is 16.4. The Bertz CT molecular complexity index is 571. The van der Waals surface area contributed by atoms with Crippen LogP contribution in [0, 0.1) is 0 Å². The van der Waals surface area contributed by atoms with Gasteiger partial charge in [0.05, 0.1) is 5.52 Å². The van der Waals surface area contributed by atoms with Crippen LogP contribution in [0.25, 0.3) is 10.9 Å². The van der Waals surface area contributed by atoms with Gasteiger partial charge in [-0.3, -0.25) is 4.98 Å². The van der Waals surface area contributed by atoms with Gasteiger partial charge >= 0.3 is 0 Å². The van der Waals surface area contributed by atoms with Gasteiger partial charge < -0.3 is 10.2 Å². The molecule has 1 aromatic carbocycles. The van der Waals surface area contributed by atoms with Crippen LogP contribution < -0.4 is 5.32 Å². The molecule has 0 fully saturated rings. The summed E-state index contributed by atoms with van der Waals surface area (Å²) in [4.78, 5) is 7.00. The van der Waals surface area contributed by atoms with Crippen LogP contribution in [0.4, 0.5) is 0 Å². The second-order valence-corrected chi connectivity index (χ2v) is 6.07. The van der Waals surface area contributed by atoms with E-state index in [4.69, 9.17) is 0 Å². The van der Waals surface area contributed by atoms with Crippen LogP contribution >= 0.6 is 15.9 Å². The molecule has 4 heteroatoms. The summed E-state index contributed by atoms with van der Waals surface area (Å²) in [5.41, 5.74) is 2.34. The van der Waals surface area contributed by atoms with Crippen LogP contribution in [0.1, 0.15) is 25.8 Å². The van der Waals surface area contributed by atoms with Crippen molar-refractivity contribution >= 4 is 26.8 Å². The Kier molecular flexibility index (Phi) is 6.61. The summed E-state index contributed by atoms with van der Waals surface area (Å²) in [6.07, 6.45) is 3.08. The fourth-order valence-electron chi connectivity index (χ4n) is 2.54. The maximum absolute atomic E-state index is 4.52. The van der Waals surface area contributed by atoms with Gasteiger partial charge in [-0.15, -0.1) is 0 Å². The standard InChI is InChI=1S/C17H24BrN3/c1-3-11-21(4-2)12-10-19-13-14-7-8-16(18)15-6-5-9-20-17(14)15/h5-9,19H,3-4,10-13H2,1-2H3. The Morgan fingerprint density at radius 3 is 2.81 bits per heavy atom. The highest BCUT2D eigenvalue weighted by molar-refractivity contribution is 9.10. The van der Waals surface area contributed by atoms with Gasteiger partial charge in [-0.25, -0.2) is 0 Å². The van der Waals surface area contributed by atoms with Crippen LogP contribution in [-0.2, 0) is 6.54 Å². The molecule has 1 N–H and O–H groups in total. The fourth-order valence-corrected chi connectivity index (χ4v) is 3.00. The molecular weight excluding hydrogens is 326 g/mol. The molecule has 0 spiro atoms. The predicted molar refractivity (Wildman–Crippen MR) is 93.6 cm³/mol. The molecule has 0 bridgehead atoms. The van der Waals surface area contributed by atoms with Gasteiger partial charge in [0.15, 0.2) is 0 Å². The molecule has 3 nitrogen and oxygen atoms in total. The van der Waals surface area contributed by atoms with Crippen molar-refractivity contribution in [3.63, 3.8) is 0 Å². The predicted octanol–water partition coefficient (Wildman–Crippen LogP) is 3.82. The van der Waals surface area contributed by atoms with E-state index < -0.39 is 0 Å². The molecule has 0 amide bonds. The van der Waals surface area contributed by atoms with Crippen molar-refractivity contribution in [1.82, 2.24) is 15.2 Å². The number of hydrogen-bond donors (Lipinski definition) is 1. The third kappa shape index (κ3) is 4.50. The van der Waals surface area contributed by atoms with E-state index in [0.717, 1.165) is 36.2 Å². The van der Waals surface area contributed by atoms with E-state index in [1.165, 1.54) is 23.9 Å². The highest BCUT2D eigenvalue weighted by Gasteiger charge is 2.05. The first-order chi connectivity index (χ1) is 10.3. The maximum atomic E-state index is 4.52. The summed E-state index contributed by atoms with van der Waals surface area (Å²) in [5, 5.41) is 4.72. The van der Waals surface area contributed by atoms with E-state index in [0.29, 0.717) is 0 Å². The van der Waals surface area contributed by atoms with Crippen molar-refractivity contribution < 1.29 is 0 Å².